The van der Waals surface area contributed by atoms with Crippen LogP contribution in [-0.2, 0) is 19.6 Å². The predicted molar refractivity (Wildman–Crippen MR) is 93.9 cm³/mol. The van der Waals surface area contributed by atoms with Gasteiger partial charge in [0.15, 0.2) is 0 Å². The molecule has 1 N–H and O–H groups in total. The molecule has 0 unspecified atom stereocenters. The van der Waals surface area contributed by atoms with Gasteiger partial charge in [0, 0.05) is 45.8 Å². The second-order valence-corrected chi connectivity index (χ2v) is 8.17. The van der Waals surface area contributed by atoms with E-state index in [2.05, 4.69) is 5.32 Å². The van der Waals surface area contributed by atoms with Gasteiger partial charge in [-0.2, -0.15) is 0 Å². The maximum atomic E-state index is 12.1. The van der Waals surface area contributed by atoms with Crippen LogP contribution < -0.4 is 5.32 Å². The zero-order valence-electron chi connectivity index (χ0n) is 14.7. The van der Waals surface area contributed by atoms with E-state index in [0.717, 1.165) is 10.7 Å². The Labute approximate surface area is 152 Å². The van der Waals surface area contributed by atoms with Crippen LogP contribution in [0.15, 0.2) is 29.2 Å². The lowest BCUT2D eigenvalue weighted by molar-refractivity contribution is -0.134. The quantitative estimate of drug-likeness (QED) is 0.633. The highest BCUT2D eigenvalue weighted by Crippen LogP contribution is 2.14. The Bertz CT molecular complexity index is 768. The average molecular weight is 382 g/mol. The zero-order chi connectivity index (χ0) is 19.3. The number of carbonyl (C=O) groups excluding carboxylic acids is 3. The van der Waals surface area contributed by atoms with E-state index in [0.29, 0.717) is 26.2 Å². The maximum absolute atomic E-state index is 12.1. The third-order valence-electron chi connectivity index (χ3n) is 4.11. The topological polar surface area (TPSA) is 107 Å². The van der Waals surface area contributed by atoms with Crippen molar-refractivity contribution in [1.82, 2.24) is 19.4 Å². The van der Waals surface area contributed by atoms with Gasteiger partial charge in [0.1, 0.15) is 0 Å². The van der Waals surface area contributed by atoms with Crippen molar-refractivity contribution in [3.05, 3.63) is 29.8 Å². The Hall–Kier alpha value is -2.46. The molecule has 1 heterocycles. The molecule has 0 spiro atoms. The second kappa shape index (κ2) is 8.28. The van der Waals surface area contributed by atoms with Gasteiger partial charge in [-0.05, 0) is 24.3 Å². The number of benzene rings is 1. The summed E-state index contributed by atoms with van der Waals surface area (Å²) in [5.74, 6) is -0.686. The molecule has 0 radical (unpaired) electrons. The molecule has 1 aliphatic rings. The second-order valence-electron chi connectivity index (χ2n) is 6.02. The monoisotopic (exact) mass is 382 g/mol. The van der Waals surface area contributed by atoms with E-state index in [1.54, 1.807) is 9.80 Å². The molecule has 0 aromatic heterocycles. The Morgan fingerprint density at radius 1 is 1.12 bits per heavy atom. The van der Waals surface area contributed by atoms with E-state index >= 15 is 0 Å². The Morgan fingerprint density at radius 2 is 1.69 bits per heavy atom. The largest absolute Gasteiger partial charge is 0.343 e. The Morgan fingerprint density at radius 3 is 2.19 bits per heavy atom. The molecule has 1 aliphatic heterocycles. The summed E-state index contributed by atoms with van der Waals surface area (Å²) in [7, 11) is -0.700. The Kier molecular flexibility index (Phi) is 6.32. The van der Waals surface area contributed by atoms with Gasteiger partial charge < -0.3 is 15.1 Å². The summed E-state index contributed by atoms with van der Waals surface area (Å²) in [5, 5.41) is 2.53. The van der Waals surface area contributed by atoms with Crippen LogP contribution in [0.4, 0.5) is 0 Å². The SMILES string of the molecule is CN(C)S(=O)(=O)c1ccc(C(=O)NCC(=O)N2CCN(C=O)CC2)cc1. The third-order valence-corrected chi connectivity index (χ3v) is 5.94. The minimum Gasteiger partial charge on any atom is -0.343 e. The van der Waals surface area contributed by atoms with E-state index in [1.807, 2.05) is 0 Å². The van der Waals surface area contributed by atoms with Gasteiger partial charge in [-0.15, -0.1) is 0 Å². The third kappa shape index (κ3) is 4.58. The number of hydrogen-bond donors (Lipinski definition) is 1. The van der Waals surface area contributed by atoms with E-state index in [9.17, 15) is 22.8 Å². The number of nitrogens with one attached hydrogen (secondary N) is 1. The fourth-order valence-corrected chi connectivity index (χ4v) is 3.34. The molecule has 0 saturated carbocycles. The number of nitrogens with zero attached hydrogens (tertiary/aromatic N) is 3. The van der Waals surface area contributed by atoms with Crippen molar-refractivity contribution >= 4 is 28.2 Å². The number of piperazine rings is 1. The molecular formula is C16H22N4O5S. The fraction of sp³-hybridized carbons (Fsp3) is 0.438. The first-order valence-electron chi connectivity index (χ1n) is 8.03. The lowest BCUT2D eigenvalue weighted by atomic mass is 10.2. The number of hydrogen-bond acceptors (Lipinski definition) is 5. The lowest BCUT2D eigenvalue weighted by Gasteiger charge is -2.32. The molecule has 1 saturated heterocycles. The van der Waals surface area contributed by atoms with E-state index in [-0.39, 0.29) is 22.9 Å². The molecule has 1 aromatic rings. The first-order chi connectivity index (χ1) is 12.3. The predicted octanol–water partition coefficient (Wildman–Crippen LogP) is -1.03. The maximum Gasteiger partial charge on any atom is 0.251 e. The van der Waals surface area contributed by atoms with Crippen LogP contribution in [0.5, 0.6) is 0 Å². The number of amides is 3. The summed E-state index contributed by atoms with van der Waals surface area (Å²) in [6.45, 7) is 1.67. The lowest BCUT2D eigenvalue weighted by Crippen LogP contribution is -2.50. The number of carbonyl (C=O) groups is 3. The van der Waals surface area contributed by atoms with Gasteiger partial charge in [0.25, 0.3) is 5.91 Å². The van der Waals surface area contributed by atoms with Crippen molar-refractivity contribution in [1.29, 1.82) is 0 Å². The van der Waals surface area contributed by atoms with Crippen molar-refractivity contribution in [2.45, 2.75) is 4.90 Å². The van der Waals surface area contributed by atoms with Crippen molar-refractivity contribution < 1.29 is 22.8 Å². The van der Waals surface area contributed by atoms with E-state index in [1.165, 1.54) is 38.4 Å². The molecule has 0 bridgehead atoms. The van der Waals surface area contributed by atoms with Crippen LogP contribution in [-0.4, -0.2) is 87.6 Å². The first-order valence-corrected chi connectivity index (χ1v) is 9.47. The van der Waals surface area contributed by atoms with Crippen LogP contribution in [0, 0.1) is 0 Å². The molecule has 9 nitrogen and oxygen atoms in total. The van der Waals surface area contributed by atoms with Gasteiger partial charge in [0.05, 0.1) is 11.4 Å². The van der Waals surface area contributed by atoms with Crippen molar-refractivity contribution in [2.75, 3.05) is 46.8 Å². The number of sulfonamides is 1. The summed E-state index contributed by atoms with van der Waals surface area (Å²) in [6, 6.07) is 5.51. The molecule has 2 rings (SSSR count). The Balaban J connectivity index is 1.90. The zero-order valence-corrected chi connectivity index (χ0v) is 15.5. The van der Waals surface area contributed by atoms with Crippen molar-refractivity contribution in [3.8, 4) is 0 Å². The molecule has 142 valence electrons. The molecule has 10 heteroatoms. The van der Waals surface area contributed by atoms with Crippen LogP contribution >= 0.6 is 0 Å². The van der Waals surface area contributed by atoms with Gasteiger partial charge in [-0.3, -0.25) is 14.4 Å². The molecule has 1 fully saturated rings. The summed E-state index contributed by atoms with van der Waals surface area (Å²) in [6.07, 6.45) is 0.754. The summed E-state index contributed by atoms with van der Waals surface area (Å²) in [4.78, 5) is 38.2. The van der Waals surface area contributed by atoms with Crippen LogP contribution in [0.3, 0.4) is 0 Å². The van der Waals surface area contributed by atoms with Gasteiger partial charge in [0.2, 0.25) is 22.3 Å². The molecule has 1 aromatic carbocycles. The van der Waals surface area contributed by atoms with Gasteiger partial charge in [-0.1, -0.05) is 0 Å². The van der Waals surface area contributed by atoms with Gasteiger partial charge in [-0.25, -0.2) is 12.7 Å². The molecule has 0 atom stereocenters. The number of rotatable bonds is 6. The standard InChI is InChI=1S/C16H22N4O5S/c1-18(2)26(24,25)14-5-3-13(4-6-14)16(23)17-11-15(22)20-9-7-19(12-21)8-10-20/h3-6,12H,7-11H2,1-2H3,(H,17,23). The van der Waals surface area contributed by atoms with Gasteiger partial charge >= 0.3 is 0 Å². The van der Waals surface area contributed by atoms with E-state index < -0.39 is 15.9 Å². The highest BCUT2D eigenvalue weighted by Gasteiger charge is 2.21. The smallest absolute Gasteiger partial charge is 0.251 e. The fourth-order valence-electron chi connectivity index (χ4n) is 2.44. The minimum atomic E-state index is -3.55. The molecule has 3 amide bonds. The van der Waals surface area contributed by atoms with Crippen LogP contribution in [0.2, 0.25) is 0 Å². The van der Waals surface area contributed by atoms with Crippen LogP contribution in [0.25, 0.3) is 0 Å². The van der Waals surface area contributed by atoms with Crippen LogP contribution in [0.1, 0.15) is 10.4 Å². The normalized spacial score (nSPS) is 15.0. The first kappa shape index (κ1) is 19.9. The summed E-state index contributed by atoms with van der Waals surface area (Å²) < 4.78 is 25.1. The summed E-state index contributed by atoms with van der Waals surface area (Å²) in [5.41, 5.74) is 0.265. The minimum absolute atomic E-state index is 0.0863. The highest BCUT2D eigenvalue weighted by atomic mass is 32.2. The molecule has 0 aliphatic carbocycles. The van der Waals surface area contributed by atoms with Crippen molar-refractivity contribution in [3.63, 3.8) is 0 Å². The molecule has 26 heavy (non-hydrogen) atoms. The average Bonchev–Trinajstić information content (AvgIpc) is 2.65. The molecular weight excluding hydrogens is 360 g/mol. The summed E-state index contributed by atoms with van der Waals surface area (Å²) >= 11 is 0. The van der Waals surface area contributed by atoms with Crippen molar-refractivity contribution in [2.24, 2.45) is 0 Å². The highest BCUT2D eigenvalue weighted by molar-refractivity contribution is 7.89. The van der Waals surface area contributed by atoms with E-state index in [4.69, 9.17) is 0 Å².